The molecule has 2 aliphatic rings. The van der Waals surface area contributed by atoms with Crippen molar-refractivity contribution in [3.8, 4) is 0 Å². The third-order valence-corrected chi connectivity index (χ3v) is 13.9. The zero-order chi connectivity index (χ0) is 20.4. The van der Waals surface area contributed by atoms with Gasteiger partial charge >= 0.3 is 174 Å². The first kappa shape index (κ1) is 22.9. The summed E-state index contributed by atoms with van der Waals surface area (Å²) < 4.78 is 6.57. The van der Waals surface area contributed by atoms with Crippen LogP contribution in [0.1, 0.15) is 60.3 Å². The number of hydrogen-bond acceptors (Lipinski definition) is 2. The van der Waals surface area contributed by atoms with E-state index in [1.807, 2.05) is 0 Å². The van der Waals surface area contributed by atoms with E-state index in [4.69, 9.17) is 4.43 Å². The second kappa shape index (κ2) is 8.98. The third kappa shape index (κ3) is 5.17. The number of unbranched alkanes of at least 4 members (excludes halogenated alkanes) is 2. The Kier molecular flexibility index (Phi) is 7.63. The first-order valence-electron chi connectivity index (χ1n) is 10.5. The number of hydrogen-bond donors (Lipinski definition) is 0. The third-order valence-electron chi connectivity index (χ3n) is 6.46. The molecule has 0 spiro atoms. The number of rotatable bonds is 8. The van der Waals surface area contributed by atoms with Crippen LogP contribution < -0.4 is 0 Å². The summed E-state index contributed by atoms with van der Waals surface area (Å²) in [6, 6.07) is 0. The van der Waals surface area contributed by atoms with E-state index < -0.39 is 8.32 Å². The fourth-order valence-electron chi connectivity index (χ4n) is 3.52. The van der Waals surface area contributed by atoms with E-state index in [-0.39, 0.29) is 17.1 Å². The van der Waals surface area contributed by atoms with Gasteiger partial charge in [-0.1, -0.05) is 0 Å². The van der Waals surface area contributed by atoms with Gasteiger partial charge in [-0.25, -0.2) is 0 Å². The molecule has 0 aromatic carbocycles. The number of amides is 1. The number of allylic oxidation sites excluding steroid dienone is 2. The van der Waals surface area contributed by atoms with E-state index in [0.29, 0.717) is 25.8 Å². The molecule has 0 radical (unpaired) electrons. The molecule has 0 aliphatic carbocycles. The standard InChI is InChI=1S/C22H39NO2SeSi/c1-9-10-11-12-16(2)18-13-14-23-20(24)19(21(23)26-15-18)17(3)25-27(7,8)22(4,5)6/h13,17,19,21H,2,9-12,14-15H2,1,3-8H3/t17-,19+,21-/m1/s1. The summed E-state index contributed by atoms with van der Waals surface area (Å²) in [6.45, 7) is 20.8. The molecule has 5 heteroatoms. The van der Waals surface area contributed by atoms with Crippen LogP contribution in [0.15, 0.2) is 23.8 Å². The summed E-state index contributed by atoms with van der Waals surface area (Å²) in [5.74, 6) is 0.349. The number of nitrogens with zero attached hydrogens (tertiary/aromatic N) is 1. The Morgan fingerprint density at radius 3 is 2.67 bits per heavy atom. The van der Waals surface area contributed by atoms with Gasteiger partial charge in [0.2, 0.25) is 0 Å². The second-order valence-corrected chi connectivity index (χ2v) is 16.7. The van der Waals surface area contributed by atoms with Crippen molar-refractivity contribution < 1.29 is 9.22 Å². The molecule has 2 aliphatic heterocycles. The van der Waals surface area contributed by atoms with Gasteiger partial charge in [0.25, 0.3) is 0 Å². The molecule has 0 aromatic rings. The molecule has 1 fully saturated rings. The van der Waals surface area contributed by atoms with Crippen LogP contribution in [0.25, 0.3) is 0 Å². The van der Waals surface area contributed by atoms with Gasteiger partial charge in [-0.05, 0) is 0 Å². The van der Waals surface area contributed by atoms with Crippen molar-refractivity contribution in [1.29, 1.82) is 0 Å². The van der Waals surface area contributed by atoms with Crippen molar-refractivity contribution >= 4 is 29.2 Å². The maximum absolute atomic E-state index is 12.8. The molecule has 1 saturated heterocycles. The number of carbonyl (C=O) groups excluding carboxylic acids is 1. The van der Waals surface area contributed by atoms with Crippen LogP contribution >= 0.6 is 0 Å². The van der Waals surface area contributed by atoms with Gasteiger partial charge < -0.3 is 0 Å². The summed E-state index contributed by atoms with van der Waals surface area (Å²) in [6.07, 6.45) is 7.14. The van der Waals surface area contributed by atoms with Gasteiger partial charge in [0.1, 0.15) is 0 Å². The average Bonchev–Trinajstić information content (AvgIpc) is 2.73. The first-order chi connectivity index (χ1) is 12.5. The van der Waals surface area contributed by atoms with E-state index in [1.165, 1.54) is 30.4 Å². The molecule has 0 aromatic heterocycles. The number of fused-ring (bicyclic) bond motifs is 1. The normalized spacial score (nSPS) is 24.6. The fraction of sp³-hybridized carbons (Fsp3) is 0.773. The number of β-lactam (4-membered cyclic amide) rings is 1. The molecular formula is C22H39NO2SeSi. The zero-order valence-electron chi connectivity index (χ0n) is 18.4. The molecular weight excluding hydrogens is 417 g/mol. The van der Waals surface area contributed by atoms with E-state index in [2.05, 4.69) is 65.3 Å². The predicted molar refractivity (Wildman–Crippen MR) is 119 cm³/mol. The molecule has 2 rings (SSSR count). The summed E-state index contributed by atoms with van der Waals surface area (Å²) >= 11 is 0.402. The van der Waals surface area contributed by atoms with E-state index in [0.717, 1.165) is 18.3 Å². The van der Waals surface area contributed by atoms with Crippen LogP contribution in [-0.4, -0.2) is 51.7 Å². The van der Waals surface area contributed by atoms with Crippen LogP contribution in [0.2, 0.25) is 23.5 Å². The molecule has 1 amide bonds. The maximum atomic E-state index is 12.8. The SMILES string of the molecule is C=C(CCCCC)C1=CCN2C(=O)[C@H]([C@@H](C)O[Si](C)(C)C(C)(C)C)[C@H]2[Se]C1. The Morgan fingerprint density at radius 1 is 1.41 bits per heavy atom. The minimum absolute atomic E-state index is 0.0239. The molecule has 0 saturated carbocycles. The molecule has 0 bridgehead atoms. The monoisotopic (exact) mass is 457 g/mol. The molecule has 0 unspecified atom stereocenters. The Hall–Kier alpha value is -0.354. The Morgan fingerprint density at radius 2 is 2.07 bits per heavy atom. The molecule has 0 N–H and O–H groups in total. The number of carbonyl (C=O) groups is 1. The van der Waals surface area contributed by atoms with Gasteiger partial charge in [-0.3, -0.25) is 0 Å². The van der Waals surface area contributed by atoms with E-state index in [1.54, 1.807) is 0 Å². The summed E-state index contributed by atoms with van der Waals surface area (Å²) in [5.41, 5.74) is 2.70. The van der Waals surface area contributed by atoms with Crippen molar-refractivity contribution in [1.82, 2.24) is 4.90 Å². The summed E-state index contributed by atoms with van der Waals surface area (Å²) in [5, 5.41) is 1.28. The molecule has 3 nitrogen and oxygen atoms in total. The molecule has 2 heterocycles. The summed E-state index contributed by atoms with van der Waals surface area (Å²) in [4.78, 5) is 15.3. The van der Waals surface area contributed by atoms with Crippen LogP contribution in [0.4, 0.5) is 0 Å². The van der Waals surface area contributed by atoms with Crippen molar-refractivity contribution in [2.45, 2.75) is 94.8 Å². The average molecular weight is 457 g/mol. The zero-order valence-corrected chi connectivity index (χ0v) is 21.1. The van der Waals surface area contributed by atoms with Crippen LogP contribution in [0.3, 0.4) is 0 Å². The van der Waals surface area contributed by atoms with Gasteiger partial charge in [-0.2, -0.15) is 0 Å². The van der Waals surface area contributed by atoms with Gasteiger partial charge in [-0.15, -0.1) is 0 Å². The van der Waals surface area contributed by atoms with Crippen molar-refractivity contribution in [3.05, 3.63) is 23.8 Å². The van der Waals surface area contributed by atoms with E-state index >= 15 is 0 Å². The molecule has 27 heavy (non-hydrogen) atoms. The first-order valence-corrected chi connectivity index (χ1v) is 15.6. The van der Waals surface area contributed by atoms with Gasteiger partial charge in [0, 0.05) is 0 Å². The molecule has 154 valence electrons. The van der Waals surface area contributed by atoms with Crippen LogP contribution in [-0.2, 0) is 9.22 Å². The van der Waals surface area contributed by atoms with E-state index in [9.17, 15) is 4.79 Å². The second-order valence-electron chi connectivity index (χ2n) is 9.59. The van der Waals surface area contributed by atoms with Crippen LogP contribution in [0, 0.1) is 5.92 Å². The Bertz CT molecular complexity index is 594. The Balaban J connectivity index is 1.97. The van der Waals surface area contributed by atoms with Gasteiger partial charge in [0.05, 0.1) is 0 Å². The molecule has 3 atom stereocenters. The van der Waals surface area contributed by atoms with Crippen LogP contribution in [0.5, 0.6) is 0 Å². The Labute approximate surface area is 174 Å². The minimum atomic E-state index is -1.85. The van der Waals surface area contributed by atoms with Crippen molar-refractivity contribution in [2.24, 2.45) is 5.92 Å². The topological polar surface area (TPSA) is 29.5 Å². The summed E-state index contributed by atoms with van der Waals surface area (Å²) in [7, 11) is -1.85. The van der Waals surface area contributed by atoms with Crippen molar-refractivity contribution in [2.75, 3.05) is 6.54 Å². The van der Waals surface area contributed by atoms with Gasteiger partial charge in [0.15, 0.2) is 0 Å². The fourth-order valence-corrected chi connectivity index (χ4v) is 8.28. The van der Waals surface area contributed by atoms with Crippen molar-refractivity contribution in [3.63, 3.8) is 0 Å². The predicted octanol–water partition coefficient (Wildman–Crippen LogP) is 5.38. The quantitative estimate of drug-likeness (QED) is 0.279.